The van der Waals surface area contributed by atoms with Crippen LogP contribution in [0.15, 0.2) is 127 Å². The number of hydrogen-bond donors (Lipinski definition) is 1. The molecule has 0 amide bonds. The van der Waals surface area contributed by atoms with Gasteiger partial charge in [-0.05, 0) is 71.2 Å². The van der Waals surface area contributed by atoms with Crippen molar-refractivity contribution in [3.8, 4) is 11.5 Å². The molecule has 0 aromatic heterocycles. The quantitative estimate of drug-likeness (QED) is 0.167. The van der Waals surface area contributed by atoms with Crippen LogP contribution in [0, 0.1) is 0 Å². The maximum Gasteiger partial charge on any atom is 0.166 e. The third kappa shape index (κ3) is 6.40. The van der Waals surface area contributed by atoms with E-state index in [1.54, 1.807) is 14.2 Å². The molecule has 0 aliphatic heterocycles. The molecule has 4 rings (SSSR count). The van der Waals surface area contributed by atoms with Gasteiger partial charge >= 0.3 is 0 Å². The molecule has 192 valence electrons. The van der Waals surface area contributed by atoms with Crippen LogP contribution in [0.5, 0.6) is 11.5 Å². The first-order valence-corrected chi connectivity index (χ1v) is 12.6. The molecular formula is C34H33NO3. The zero-order valence-corrected chi connectivity index (χ0v) is 22.1. The molecule has 4 heteroatoms. The molecule has 4 nitrogen and oxygen atoms in total. The van der Waals surface area contributed by atoms with Crippen LogP contribution in [-0.4, -0.2) is 20.0 Å². The van der Waals surface area contributed by atoms with Crippen molar-refractivity contribution in [1.29, 1.82) is 0 Å². The minimum Gasteiger partial charge on any atom is -0.497 e. The largest absolute Gasteiger partial charge is 0.497 e. The lowest BCUT2D eigenvalue weighted by atomic mass is 9.85. The van der Waals surface area contributed by atoms with Crippen molar-refractivity contribution in [2.75, 3.05) is 19.5 Å². The SMILES string of the molecule is C=C(C)C(C(=O)CC(Nc1ccccc1)c1ccccc1)=C(c1ccc(OC)cc1)c1ccc(OC)cc1. The highest BCUT2D eigenvalue weighted by molar-refractivity contribution is 6.09. The van der Waals surface area contributed by atoms with E-state index in [0.29, 0.717) is 11.1 Å². The van der Waals surface area contributed by atoms with Crippen LogP contribution >= 0.6 is 0 Å². The number of anilines is 1. The topological polar surface area (TPSA) is 47.6 Å². The first-order valence-electron chi connectivity index (χ1n) is 12.6. The molecule has 0 spiro atoms. The van der Waals surface area contributed by atoms with Gasteiger partial charge in [0.15, 0.2) is 5.78 Å². The Morgan fingerprint density at radius 2 is 1.21 bits per heavy atom. The van der Waals surface area contributed by atoms with E-state index < -0.39 is 0 Å². The molecular weight excluding hydrogens is 470 g/mol. The second-order valence-electron chi connectivity index (χ2n) is 9.09. The fraction of sp³-hybridized carbons (Fsp3) is 0.147. The van der Waals surface area contributed by atoms with E-state index in [1.807, 2.05) is 116 Å². The van der Waals surface area contributed by atoms with Crippen LogP contribution in [0.25, 0.3) is 5.57 Å². The summed E-state index contributed by atoms with van der Waals surface area (Å²) in [5.74, 6) is 1.51. The van der Waals surface area contributed by atoms with Crippen molar-refractivity contribution in [3.05, 3.63) is 144 Å². The summed E-state index contributed by atoms with van der Waals surface area (Å²) in [6, 6.07) is 35.4. The summed E-state index contributed by atoms with van der Waals surface area (Å²) in [6.45, 7) is 6.12. The summed E-state index contributed by atoms with van der Waals surface area (Å²) < 4.78 is 10.7. The molecule has 0 heterocycles. The first kappa shape index (κ1) is 26.5. The zero-order valence-electron chi connectivity index (χ0n) is 22.1. The van der Waals surface area contributed by atoms with E-state index in [2.05, 4.69) is 11.9 Å². The average Bonchev–Trinajstić information content (AvgIpc) is 2.96. The van der Waals surface area contributed by atoms with Gasteiger partial charge in [0, 0.05) is 17.7 Å². The smallest absolute Gasteiger partial charge is 0.166 e. The number of para-hydroxylation sites is 1. The predicted octanol–water partition coefficient (Wildman–Crippen LogP) is 7.89. The fourth-order valence-electron chi connectivity index (χ4n) is 4.52. The third-order valence-corrected chi connectivity index (χ3v) is 6.42. The number of ether oxygens (including phenoxy) is 2. The molecule has 0 fully saturated rings. The van der Waals surface area contributed by atoms with Gasteiger partial charge < -0.3 is 14.8 Å². The molecule has 1 N–H and O–H groups in total. The van der Waals surface area contributed by atoms with E-state index in [0.717, 1.165) is 39.4 Å². The molecule has 1 unspecified atom stereocenters. The number of methoxy groups -OCH3 is 2. The lowest BCUT2D eigenvalue weighted by Gasteiger charge is -2.22. The standard InChI is InChI=1S/C34H33NO3/c1-24(2)33(32(36)23-31(25-11-7-5-8-12-25)35-28-13-9-6-10-14-28)34(26-15-19-29(37-3)20-16-26)27-17-21-30(38-4)22-18-27/h5-22,31,35H,1,23H2,2-4H3. The lowest BCUT2D eigenvalue weighted by Crippen LogP contribution is -2.18. The highest BCUT2D eigenvalue weighted by atomic mass is 16.5. The van der Waals surface area contributed by atoms with Crippen LogP contribution < -0.4 is 14.8 Å². The maximum atomic E-state index is 14.2. The molecule has 1 atom stereocenters. The number of ketones is 1. The summed E-state index contributed by atoms with van der Waals surface area (Å²) >= 11 is 0. The van der Waals surface area contributed by atoms with Crippen LogP contribution in [0.3, 0.4) is 0 Å². The molecule has 0 saturated heterocycles. The van der Waals surface area contributed by atoms with Crippen molar-refractivity contribution in [3.63, 3.8) is 0 Å². The molecule has 0 aliphatic carbocycles. The average molecular weight is 504 g/mol. The van der Waals surface area contributed by atoms with Crippen LogP contribution in [-0.2, 0) is 4.79 Å². The second kappa shape index (κ2) is 12.6. The van der Waals surface area contributed by atoms with E-state index in [9.17, 15) is 4.79 Å². The van der Waals surface area contributed by atoms with Crippen LogP contribution in [0.4, 0.5) is 5.69 Å². The number of carbonyl (C=O) groups excluding carboxylic acids is 1. The molecule has 38 heavy (non-hydrogen) atoms. The van der Waals surface area contributed by atoms with Crippen molar-refractivity contribution in [2.45, 2.75) is 19.4 Å². The van der Waals surface area contributed by atoms with Gasteiger partial charge in [-0.1, -0.05) is 79.4 Å². The summed E-state index contributed by atoms with van der Waals surface area (Å²) in [5.41, 5.74) is 5.98. The van der Waals surface area contributed by atoms with Crippen LogP contribution in [0.1, 0.15) is 36.1 Å². The highest BCUT2D eigenvalue weighted by Gasteiger charge is 2.24. The number of allylic oxidation sites excluding steroid dienone is 2. The summed E-state index contributed by atoms with van der Waals surface area (Å²) in [5, 5.41) is 3.56. The van der Waals surface area contributed by atoms with E-state index in [-0.39, 0.29) is 18.2 Å². The van der Waals surface area contributed by atoms with Gasteiger partial charge in [-0.2, -0.15) is 0 Å². The Kier molecular flexibility index (Phi) is 8.78. The minimum atomic E-state index is -0.214. The van der Waals surface area contributed by atoms with Gasteiger partial charge in [-0.25, -0.2) is 0 Å². The fourth-order valence-corrected chi connectivity index (χ4v) is 4.52. The molecule has 4 aromatic rings. The van der Waals surface area contributed by atoms with Gasteiger partial charge in [0.2, 0.25) is 0 Å². The van der Waals surface area contributed by atoms with Gasteiger partial charge in [0.25, 0.3) is 0 Å². The minimum absolute atomic E-state index is 0.0106. The summed E-state index contributed by atoms with van der Waals surface area (Å²) in [6.07, 6.45) is 0.261. The predicted molar refractivity (Wildman–Crippen MR) is 156 cm³/mol. The van der Waals surface area contributed by atoms with E-state index >= 15 is 0 Å². The number of hydrogen-bond acceptors (Lipinski definition) is 4. The van der Waals surface area contributed by atoms with Gasteiger partial charge in [0.1, 0.15) is 11.5 Å². The van der Waals surface area contributed by atoms with Gasteiger partial charge in [-0.3, -0.25) is 4.79 Å². The Balaban J connectivity index is 1.81. The van der Waals surface area contributed by atoms with Crippen LogP contribution in [0.2, 0.25) is 0 Å². The lowest BCUT2D eigenvalue weighted by molar-refractivity contribution is -0.115. The number of carbonyl (C=O) groups is 1. The number of benzene rings is 4. The molecule has 0 bridgehead atoms. The van der Waals surface area contributed by atoms with Gasteiger partial charge in [-0.15, -0.1) is 0 Å². The summed E-state index contributed by atoms with van der Waals surface area (Å²) in [4.78, 5) is 14.2. The Morgan fingerprint density at radius 3 is 1.66 bits per heavy atom. The maximum absolute atomic E-state index is 14.2. The Labute approximate surface area is 225 Å². The Hall–Kier alpha value is -4.57. The number of rotatable bonds is 11. The molecule has 0 aliphatic rings. The highest BCUT2D eigenvalue weighted by Crippen LogP contribution is 2.35. The zero-order chi connectivity index (χ0) is 26.9. The van der Waals surface area contributed by atoms with Crippen molar-refractivity contribution >= 4 is 17.0 Å². The Bertz CT molecular complexity index is 1340. The van der Waals surface area contributed by atoms with Gasteiger partial charge in [0.05, 0.1) is 20.3 Å². The molecule has 0 radical (unpaired) electrons. The van der Waals surface area contributed by atoms with Crippen molar-refractivity contribution in [1.82, 2.24) is 0 Å². The second-order valence-corrected chi connectivity index (χ2v) is 9.09. The van der Waals surface area contributed by atoms with E-state index in [1.165, 1.54) is 0 Å². The first-order chi connectivity index (χ1) is 18.5. The Morgan fingerprint density at radius 1 is 0.737 bits per heavy atom. The number of Topliss-reactive ketones (excluding diaryl/α,β-unsaturated/α-hetero) is 1. The molecule has 4 aromatic carbocycles. The normalized spacial score (nSPS) is 11.2. The van der Waals surface area contributed by atoms with E-state index in [4.69, 9.17) is 9.47 Å². The monoisotopic (exact) mass is 503 g/mol. The van der Waals surface area contributed by atoms with Crippen molar-refractivity contribution < 1.29 is 14.3 Å². The third-order valence-electron chi connectivity index (χ3n) is 6.42. The van der Waals surface area contributed by atoms with Crippen molar-refractivity contribution in [2.24, 2.45) is 0 Å². The number of nitrogens with one attached hydrogen (secondary N) is 1. The summed E-state index contributed by atoms with van der Waals surface area (Å²) in [7, 11) is 3.28. The molecule has 0 saturated carbocycles.